The number of aliphatic hydroxyl groups is 1. The Hall–Kier alpha value is -3.72. The molecule has 0 spiro atoms. The predicted octanol–water partition coefficient (Wildman–Crippen LogP) is 3.47. The third-order valence-corrected chi connectivity index (χ3v) is 5.11. The SMILES string of the molecule is C[C@@H](n1cc(/C=C/c2ccccn2)cn1)[C@](O)(Cn1cncn1)c1ccc(F)cc1F. The van der Waals surface area contributed by atoms with Gasteiger partial charge in [-0.1, -0.05) is 12.1 Å². The standard InChI is InChI=1S/C22H20F2N6O/c1-16(30-12-17(11-27-30)5-7-19-4-2-3-9-26-19)22(31,13-29-15-25-14-28-29)20-8-6-18(23)10-21(20)24/h2-12,14-16,31H,13H2,1H3/b7-5+/t16-,22-/m1/s1. The van der Waals surface area contributed by atoms with Gasteiger partial charge >= 0.3 is 0 Å². The Morgan fingerprint density at radius 1 is 1.16 bits per heavy atom. The van der Waals surface area contributed by atoms with Crippen molar-refractivity contribution in [1.82, 2.24) is 29.5 Å². The van der Waals surface area contributed by atoms with Crippen LogP contribution in [0, 0.1) is 11.6 Å². The fourth-order valence-corrected chi connectivity index (χ4v) is 3.37. The van der Waals surface area contributed by atoms with Gasteiger partial charge in [-0.05, 0) is 37.3 Å². The monoisotopic (exact) mass is 422 g/mol. The fraction of sp³-hybridized carbons (Fsp3) is 0.182. The van der Waals surface area contributed by atoms with Crippen molar-refractivity contribution in [3.63, 3.8) is 0 Å². The average Bonchev–Trinajstić information content (AvgIpc) is 3.44. The molecule has 0 amide bonds. The number of benzene rings is 1. The van der Waals surface area contributed by atoms with Crippen LogP contribution in [-0.2, 0) is 12.1 Å². The minimum atomic E-state index is -1.78. The van der Waals surface area contributed by atoms with E-state index in [9.17, 15) is 13.9 Å². The average molecular weight is 422 g/mol. The normalized spacial score (nSPS) is 14.6. The molecule has 31 heavy (non-hydrogen) atoms. The molecule has 3 heterocycles. The van der Waals surface area contributed by atoms with E-state index in [1.54, 1.807) is 25.5 Å². The van der Waals surface area contributed by atoms with Crippen molar-refractivity contribution in [2.24, 2.45) is 0 Å². The summed E-state index contributed by atoms with van der Waals surface area (Å²) >= 11 is 0. The second kappa shape index (κ2) is 8.57. The van der Waals surface area contributed by atoms with E-state index in [0.717, 1.165) is 23.4 Å². The quantitative estimate of drug-likeness (QED) is 0.493. The van der Waals surface area contributed by atoms with Crippen molar-refractivity contribution in [3.05, 3.63) is 96.1 Å². The summed E-state index contributed by atoms with van der Waals surface area (Å²) in [7, 11) is 0. The number of rotatable bonds is 7. The summed E-state index contributed by atoms with van der Waals surface area (Å²) in [6.07, 6.45) is 11.5. The van der Waals surface area contributed by atoms with Crippen molar-refractivity contribution >= 4 is 12.2 Å². The molecule has 0 aliphatic carbocycles. The Bertz CT molecular complexity index is 1180. The molecule has 9 heteroatoms. The van der Waals surface area contributed by atoms with E-state index in [2.05, 4.69) is 20.2 Å². The van der Waals surface area contributed by atoms with Crippen LogP contribution >= 0.6 is 0 Å². The predicted molar refractivity (Wildman–Crippen MR) is 110 cm³/mol. The van der Waals surface area contributed by atoms with Crippen LogP contribution in [0.1, 0.15) is 29.8 Å². The zero-order valence-corrected chi connectivity index (χ0v) is 16.7. The zero-order valence-electron chi connectivity index (χ0n) is 16.7. The van der Waals surface area contributed by atoms with Gasteiger partial charge in [0.2, 0.25) is 0 Å². The maximum atomic E-state index is 14.7. The number of hydrogen-bond acceptors (Lipinski definition) is 5. The molecule has 0 bridgehead atoms. The second-order valence-corrected chi connectivity index (χ2v) is 7.16. The molecule has 3 aromatic heterocycles. The molecule has 4 rings (SSSR count). The lowest BCUT2D eigenvalue weighted by atomic mass is 9.86. The molecule has 0 fully saturated rings. The number of hydrogen-bond donors (Lipinski definition) is 1. The Morgan fingerprint density at radius 2 is 2.03 bits per heavy atom. The first-order valence-electron chi connectivity index (χ1n) is 9.59. The third-order valence-electron chi connectivity index (χ3n) is 5.11. The summed E-state index contributed by atoms with van der Waals surface area (Å²) < 4.78 is 31.1. The lowest BCUT2D eigenvalue weighted by Gasteiger charge is -2.34. The van der Waals surface area contributed by atoms with E-state index >= 15 is 0 Å². The second-order valence-electron chi connectivity index (χ2n) is 7.16. The van der Waals surface area contributed by atoms with Gasteiger partial charge in [0.25, 0.3) is 0 Å². The van der Waals surface area contributed by atoms with Crippen molar-refractivity contribution in [1.29, 1.82) is 0 Å². The Balaban J connectivity index is 1.67. The van der Waals surface area contributed by atoms with Crippen molar-refractivity contribution < 1.29 is 13.9 Å². The molecule has 0 unspecified atom stereocenters. The van der Waals surface area contributed by atoms with Gasteiger partial charge in [0.1, 0.15) is 29.9 Å². The number of halogens is 2. The molecule has 0 saturated carbocycles. The summed E-state index contributed by atoms with van der Waals surface area (Å²) in [5, 5.41) is 20.0. The third kappa shape index (κ3) is 4.41. The van der Waals surface area contributed by atoms with E-state index in [0.29, 0.717) is 0 Å². The molecule has 4 aromatic rings. The number of aromatic nitrogens is 6. The van der Waals surface area contributed by atoms with Gasteiger partial charge in [0.15, 0.2) is 0 Å². The van der Waals surface area contributed by atoms with Crippen LogP contribution in [0.2, 0.25) is 0 Å². The minimum absolute atomic E-state index is 0.0574. The van der Waals surface area contributed by atoms with Crippen LogP contribution in [0.3, 0.4) is 0 Å². The summed E-state index contributed by atoms with van der Waals surface area (Å²) in [5.74, 6) is -1.57. The van der Waals surface area contributed by atoms with Crippen molar-refractivity contribution in [3.8, 4) is 0 Å². The number of nitrogens with zero attached hydrogens (tertiary/aromatic N) is 6. The molecule has 0 radical (unpaired) electrons. The molecule has 0 saturated heterocycles. The fourth-order valence-electron chi connectivity index (χ4n) is 3.37. The number of pyridine rings is 1. The molecule has 7 nitrogen and oxygen atoms in total. The van der Waals surface area contributed by atoms with E-state index in [4.69, 9.17) is 0 Å². The van der Waals surface area contributed by atoms with E-state index < -0.39 is 23.3 Å². The minimum Gasteiger partial charge on any atom is -0.381 e. The zero-order chi connectivity index (χ0) is 21.8. The molecule has 0 aliphatic rings. The van der Waals surface area contributed by atoms with E-state index in [-0.39, 0.29) is 12.1 Å². The van der Waals surface area contributed by atoms with Gasteiger partial charge in [0, 0.05) is 29.6 Å². The maximum Gasteiger partial charge on any atom is 0.137 e. The highest BCUT2D eigenvalue weighted by atomic mass is 19.1. The first-order valence-corrected chi connectivity index (χ1v) is 9.59. The first-order chi connectivity index (χ1) is 15.0. The summed E-state index contributed by atoms with van der Waals surface area (Å²) in [6.45, 7) is 1.61. The molecular formula is C22H20F2N6O. The maximum absolute atomic E-state index is 14.7. The Morgan fingerprint density at radius 3 is 2.74 bits per heavy atom. The highest BCUT2D eigenvalue weighted by molar-refractivity contribution is 5.67. The van der Waals surface area contributed by atoms with Crippen LogP contribution < -0.4 is 0 Å². The lowest BCUT2D eigenvalue weighted by molar-refractivity contribution is -0.0369. The summed E-state index contributed by atoms with van der Waals surface area (Å²) in [6, 6.07) is 7.98. The van der Waals surface area contributed by atoms with Crippen LogP contribution in [0.25, 0.3) is 12.2 Å². The molecule has 2 atom stereocenters. The van der Waals surface area contributed by atoms with Gasteiger partial charge in [-0.25, -0.2) is 18.4 Å². The van der Waals surface area contributed by atoms with Crippen LogP contribution in [0.5, 0.6) is 0 Å². The van der Waals surface area contributed by atoms with Gasteiger partial charge in [-0.2, -0.15) is 10.2 Å². The highest BCUT2D eigenvalue weighted by Gasteiger charge is 2.40. The van der Waals surface area contributed by atoms with Crippen LogP contribution in [0.4, 0.5) is 8.78 Å². The molecule has 158 valence electrons. The molecule has 0 aliphatic heterocycles. The summed E-state index contributed by atoms with van der Waals surface area (Å²) in [5.41, 5.74) is -0.267. The Kier molecular flexibility index (Phi) is 5.68. The van der Waals surface area contributed by atoms with Crippen molar-refractivity contribution in [2.75, 3.05) is 0 Å². The van der Waals surface area contributed by atoms with Gasteiger partial charge in [-0.3, -0.25) is 9.67 Å². The largest absolute Gasteiger partial charge is 0.381 e. The molecule has 1 N–H and O–H groups in total. The van der Waals surface area contributed by atoms with Gasteiger partial charge in [0.05, 0.1) is 24.5 Å². The Labute approximate surface area is 177 Å². The van der Waals surface area contributed by atoms with E-state index in [1.165, 1.54) is 28.1 Å². The highest BCUT2D eigenvalue weighted by Crippen LogP contribution is 2.36. The lowest BCUT2D eigenvalue weighted by Crippen LogP contribution is -2.40. The molecule has 1 aromatic carbocycles. The molecular weight excluding hydrogens is 402 g/mol. The smallest absolute Gasteiger partial charge is 0.137 e. The van der Waals surface area contributed by atoms with Crippen molar-refractivity contribution in [2.45, 2.75) is 25.1 Å². The summed E-state index contributed by atoms with van der Waals surface area (Å²) in [4.78, 5) is 8.11. The van der Waals surface area contributed by atoms with Gasteiger partial charge < -0.3 is 5.11 Å². The van der Waals surface area contributed by atoms with Crippen LogP contribution in [0.15, 0.2) is 67.6 Å². The topological polar surface area (TPSA) is 81.6 Å². The van der Waals surface area contributed by atoms with E-state index in [1.807, 2.05) is 30.4 Å². The van der Waals surface area contributed by atoms with Gasteiger partial charge in [-0.15, -0.1) is 0 Å². The van der Waals surface area contributed by atoms with Crippen LogP contribution in [-0.4, -0.2) is 34.6 Å². The first kappa shape index (κ1) is 20.5.